The van der Waals surface area contributed by atoms with Gasteiger partial charge in [-0.15, -0.1) is 0 Å². The molecule has 4 nitrogen and oxygen atoms in total. The zero-order valence-electron chi connectivity index (χ0n) is 15.5. The number of anilines is 1. The first-order valence-electron chi connectivity index (χ1n) is 9.99. The first-order chi connectivity index (χ1) is 13.3. The van der Waals surface area contributed by atoms with Crippen LogP contribution in [0.15, 0.2) is 29.0 Å². The van der Waals surface area contributed by atoms with Crippen LogP contribution in [-0.4, -0.2) is 51.5 Å². The fourth-order valence-electron chi connectivity index (χ4n) is 4.79. The van der Waals surface area contributed by atoms with Crippen molar-refractivity contribution in [3.05, 3.63) is 40.3 Å². The van der Waals surface area contributed by atoms with Gasteiger partial charge in [0.25, 0.3) is 0 Å². The molecule has 0 amide bonds. The SMILES string of the molecule is Brc1ccc2c(c1)-c1c(ncnc1NC1CCC(N3CCSCC3)CC1)C2. The summed E-state index contributed by atoms with van der Waals surface area (Å²) in [5.74, 6) is 3.63. The van der Waals surface area contributed by atoms with E-state index in [2.05, 4.69) is 66.1 Å². The average molecular weight is 445 g/mol. The Morgan fingerprint density at radius 3 is 2.70 bits per heavy atom. The fraction of sp³-hybridized carbons (Fsp3) is 0.524. The van der Waals surface area contributed by atoms with Crippen LogP contribution in [0.25, 0.3) is 11.1 Å². The van der Waals surface area contributed by atoms with Gasteiger partial charge in [0.15, 0.2) is 0 Å². The van der Waals surface area contributed by atoms with Crippen molar-refractivity contribution in [3.63, 3.8) is 0 Å². The molecule has 1 aromatic heterocycles. The predicted octanol–water partition coefficient (Wildman–Crippen LogP) is 4.58. The molecule has 142 valence electrons. The molecule has 0 bridgehead atoms. The van der Waals surface area contributed by atoms with E-state index >= 15 is 0 Å². The number of nitrogens with zero attached hydrogens (tertiary/aromatic N) is 3. The van der Waals surface area contributed by atoms with E-state index < -0.39 is 0 Å². The average Bonchev–Trinajstić information content (AvgIpc) is 3.08. The van der Waals surface area contributed by atoms with Gasteiger partial charge in [0.1, 0.15) is 12.1 Å². The Morgan fingerprint density at radius 1 is 1.07 bits per heavy atom. The Labute approximate surface area is 173 Å². The molecule has 0 unspecified atom stereocenters. The van der Waals surface area contributed by atoms with E-state index in [9.17, 15) is 0 Å². The van der Waals surface area contributed by atoms with E-state index in [-0.39, 0.29) is 0 Å². The molecule has 1 aliphatic heterocycles. The van der Waals surface area contributed by atoms with Crippen molar-refractivity contribution in [3.8, 4) is 11.1 Å². The minimum Gasteiger partial charge on any atom is -0.367 e. The number of hydrogen-bond donors (Lipinski definition) is 1. The molecule has 1 saturated heterocycles. The largest absolute Gasteiger partial charge is 0.367 e. The monoisotopic (exact) mass is 444 g/mol. The van der Waals surface area contributed by atoms with Gasteiger partial charge in [0, 0.05) is 53.1 Å². The van der Waals surface area contributed by atoms with E-state index in [1.807, 2.05) is 0 Å². The van der Waals surface area contributed by atoms with Gasteiger partial charge in [-0.3, -0.25) is 4.90 Å². The van der Waals surface area contributed by atoms with Crippen LogP contribution < -0.4 is 5.32 Å². The maximum atomic E-state index is 4.63. The summed E-state index contributed by atoms with van der Waals surface area (Å²) in [5.41, 5.74) is 4.99. The van der Waals surface area contributed by atoms with E-state index in [1.54, 1.807) is 6.33 Å². The van der Waals surface area contributed by atoms with E-state index in [1.165, 1.54) is 67.0 Å². The van der Waals surface area contributed by atoms with Gasteiger partial charge in [-0.2, -0.15) is 11.8 Å². The lowest BCUT2D eigenvalue weighted by atomic mass is 9.90. The second-order valence-corrected chi connectivity index (χ2v) is 9.96. The van der Waals surface area contributed by atoms with Crippen molar-refractivity contribution in [2.24, 2.45) is 0 Å². The van der Waals surface area contributed by atoms with Crippen molar-refractivity contribution >= 4 is 33.5 Å². The summed E-state index contributed by atoms with van der Waals surface area (Å²) >= 11 is 5.72. The molecule has 5 rings (SSSR count). The lowest BCUT2D eigenvalue weighted by molar-refractivity contribution is 0.166. The molecular formula is C21H25BrN4S. The van der Waals surface area contributed by atoms with Gasteiger partial charge in [0.2, 0.25) is 0 Å². The van der Waals surface area contributed by atoms with E-state index in [4.69, 9.17) is 0 Å². The summed E-state index contributed by atoms with van der Waals surface area (Å²) in [4.78, 5) is 11.9. The molecule has 1 aromatic carbocycles. The highest BCUT2D eigenvalue weighted by Gasteiger charge is 2.29. The first kappa shape index (κ1) is 18.0. The van der Waals surface area contributed by atoms with Gasteiger partial charge >= 0.3 is 0 Å². The number of rotatable bonds is 3. The van der Waals surface area contributed by atoms with Crippen molar-refractivity contribution < 1.29 is 0 Å². The summed E-state index contributed by atoms with van der Waals surface area (Å²) in [6, 6.07) is 7.84. The number of halogens is 1. The van der Waals surface area contributed by atoms with Gasteiger partial charge in [-0.05, 0) is 48.9 Å². The van der Waals surface area contributed by atoms with Crippen LogP contribution in [0.1, 0.15) is 36.9 Å². The molecule has 2 aliphatic carbocycles. The Hall–Kier alpha value is -1.11. The number of thioether (sulfide) groups is 1. The molecule has 0 radical (unpaired) electrons. The quantitative estimate of drug-likeness (QED) is 0.639. The van der Waals surface area contributed by atoms with Crippen molar-refractivity contribution in [1.82, 2.24) is 14.9 Å². The number of nitrogens with one attached hydrogen (secondary N) is 1. The van der Waals surface area contributed by atoms with Crippen LogP contribution >= 0.6 is 27.7 Å². The zero-order valence-corrected chi connectivity index (χ0v) is 17.9. The maximum absolute atomic E-state index is 4.63. The van der Waals surface area contributed by atoms with Crippen molar-refractivity contribution in [2.75, 3.05) is 29.9 Å². The number of aromatic nitrogens is 2. The summed E-state index contributed by atoms with van der Waals surface area (Å²) in [5, 5.41) is 3.78. The molecule has 0 atom stereocenters. The molecule has 6 heteroatoms. The third-order valence-corrected chi connectivity index (χ3v) is 7.66. The molecule has 2 aromatic rings. The second-order valence-electron chi connectivity index (χ2n) is 7.82. The third-order valence-electron chi connectivity index (χ3n) is 6.22. The first-order valence-corrected chi connectivity index (χ1v) is 11.9. The molecule has 1 N–H and O–H groups in total. The fourth-order valence-corrected chi connectivity index (χ4v) is 6.08. The highest BCUT2D eigenvalue weighted by atomic mass is 79.9. The number of fused-ring (bicyclic) bond motifs is 3. The highest BCUT2D eigenvalue weighted by Crippen LogP contribution is 2.41. The lowest BCUT2D eigenvalue weighted by Crippen LogP contribution is -2.44. The van der Waals surface area contributed by atoms with Crippen LogP contribution in [0.3, 0.4) is 0 Å². The Bertz CT molecular complexity index is 829. The molecule has 3 aliphatic rings. The highest BCUT2D eigenvalue weighted by molar-refractivity contribution is 9.10. The Morgan fingerprint density at radius 2 is 1.89 bits per heavy atom. The van der Waals surface area contributed by atoms with Crippen LogP contribution in [-0.2, 0) is 6.42 Å². The number of hydrogen-bond acceptors (Lipinski definition) is 5. The molecule has 2 fully saturated rings. The maximum Gasteiger partial charge on any atom is 0.137 e. The lowest BCUT2D eigenvalue weighted by Gasteiger charge is -2.39. The van der Waals surface area contributed by atoms with Gasteiger partial charge < -0.3 is 5.32 Å². The Balaban J connectivity index is 1.30. The van der Waals surface area contributed by atoms with Crippen molar-refractivity contribution in [1.29, 1.82) is 0 Å². The van der Waals surface area contributed by atoms with Crippen LogP contribution in [0, 0.1) is 0 Å². The third kappa shape index (κ3) is 3.64. The normalized spacial score (nSPS) is 25.1. The smallest absolute Gasteiger partial charge is 0.137 e. The summed E-state index contributed by atoms with van der Waals surface area (Å²) in [6.45, 7) is 2.55. The summed E-state index contributed by atoms with van der Waals surface area (Å²) < 4.78 is 1.11. The van der Waals surface area contributed by atoms with Gasteiger partial charge in [-0.1, -0.05) is 22.0 Å². The minimum absolute atomic E-state index is 0.524. The molecule has 2 heterocycles. The standard InChI is InChI=1S/C21H25BrN4S/c22-15-2-1-14-11-19-20(18(14)12-15)21(24-13-23-19)25-16-3-5-17(6-4-16)26-7-9-27-10-8-26/h1-2,12-13,16-17H,3-11H2,(H,23,24,25). The Kier molecular flexibility index (Phi) is 5.13. The summed E-state index contributed by atoms with van der Waals surface area (Å²) in [7, 11) is 0. The molecule has 27 heavy (non-hydrogen) atoms. The topological polar surface area (TPSA) is 41.1 Å². The van der Waals surface area contributed by atoms with Crippen molar-refractivity contribution in [2.45, 2.75) is 44.2 Å². The van der Waals surface area contributed by atoms with Crippen LogP contribution in [0.5, 0.6) is 0 Å². The summed E-state index contributed by atoms with van der Waals surface area (Å²) in [6.07, 6.45) is 7.71. The van der Waals surface area contributed by atoms with Gasteiger partial charge in [-0.25, -0.2) is 9.97 Å². The molecular weight excluding hydrogens is 420 g/mol. The molecule has 0 spiro atoms. The second kappa shape index (κ2) is 7.72. The number of benzene rings is 1. The zero-order chi connectivity index (χ0) is 18.2. The predicted molar refractivity (Wildman–Crippen MR) is 117 cm³/mol. The molecule has 1 saturated carbocycles. The van der Waals surface area contributed by atoms with Crippen LogP contribution in [0.2, 0.25) is 0 Å². The van der Waals surface area contributed by atoms with Crippen LogP contribution in [0.4, 0.5) is 5.82 Å². The van der Waals surface area contributed by atoms with E-state index in [0.29, 0.717) is 6.04 Å². The minimum atomic E-state index is 0.524. The van der Waals surface area contributed by atoms with Gasteiger partial charge in [0.05, 0.1) is 5.69 Å². The van der Waals surface area contributed by atoms with E-state index in [0.717, 1.165) is 28.4 Å².